The Balaban J connectivity index is 2.05. The molecule has 0 bridgehead atoms. The van der Waals surface area contributed by atoms with E-state index in [0.29, 0.717) is 13.0 Å². The van der Waals surface area contributed by atoms with Crippen molar-refractivity contribution in [3.8, 4) is 0 Å². The molecule has 0 aliphatic carbocycles. The fourth-order valence-corrected chi connectivity index (χ4v) is 4.99. The number of hydrogen-bond acceptors (Lipinski definition) is 4. The van der Waals surface area contributed by atoms with Gasteiger partial charge in [0.1, 0.15) is 6.04 Å². The van der Waals surface area contributed by atoms with Crippen molar-refractivity contribution in [3.63, 3.8) is 0 Å². The van der Waals surface area contributed by atoms with E-state index in [1.165, 1.54) is 0 Å². The van der Waals surface area contributed by atoms with Crippen LogP contribution in [0.1, 0.15) is 31.9 Å². The third-order valence-electron chi connectivity index (χ3n) is 4.43. The van der Waals surface area contributed by atoms with Gasteiger partial charge in [-0.15, -0.1) is 0 Å². The van der Waals surface area contributed by atoms with Gasteiger partial charge in [0.2, 0.25) is 5.91 Å². The molecular formula is C17H26N2O3S. The van der Waals surface area contributed by atoms with Crippen LogP contribution in [0, 0.1) is 5.92 Å². The van der Waals surface area contributed by atoms with E-state index in [0.717, 1.165) is 18.7 Å². The Bertz CT molecular complexity index is 612. The van der Waals surface area contributed by atoms with Crippen LogP contribution in [0.2, 0.25) is 0 Å². The molecule has 6 heteroatoms. The number of hydrogen-bond donors (Lipinski definition) is 1. The van der Waals surface area contributed by atoms with Crippen molar-refractivity contribution < 1.29 is 13.2 Å². The molecule has 23 heavy (non-hydrogen) atoms. The number of nitrogens with zero attached hydrogens (tertiary/aromatic N) is 1. The summed E-state index contributed by atoms with van der Waals surface area (Å²) in [6.07, 6.45) is 0.643. The average Bonchev–Trinajstić information content (AvgIpc) is 2.90. The van der Waals surface area contributed by atoms with Crippen LogP contribution in [0.5, 0.6) is 0 Å². The van der Waals surface area contributed by atoms with Crippen LogP contribution in [-0.2, 0) is 14.6 Å². The van der Waals surface area contributed by atoms with Crippen LogP contribution in [-0.4, -0.2) is 50.4 Å². The van der Waals surface area contributed by atoms with Gasteiger partial charge in [-0.25, -0.2) is 8.42 Å². The lowest BCUT2D eigenvalue weighted by Gasteiger charge is -2.29. The average molecular weight is 338 g/mol. The number of likely N-dealkylation sites (N-methyl/N-ethyl adjacent to an activating group) is 1. The lowest BCUT2D eigenvalue weighted by atomic mass is 10.0. The van der Waals surface area contributed by atoms with Gasteiger partial charge in [0, 0.05) is 6.54 Å². The summed E-state index contributed by atoms with van der Waals surface area (Å²) in [7, 11) is -2.90. The second kappa shape index (κ2) is 7.93. The van der Waals surface area contributed by atoms with E-state index in [1.54, 1.807) is 0 Å². The summed E-state index contributed by atoms with van der Waals surface area (Å²) >= 11 is 0. The van der Waals surface area contributed by atoms with Crippen molar-refractivity contribution in [2.45, 2.75) is 26.3 Å². The molecule has 0 spiro atoms. The molecule has 1 aliphatic heterocycles. The van der Waals surface area contributed by atoms with E-state index in [2.05, 4.69) is 10.2 Å². The minimum absolute atomic E-state index is 0.0390. The second-order valence-electron chi connectivity index (χ2n) is 6.05. The molecule has 0 unspecified atom stereocenters. The lowest BCUT2D eigenvalue weighted by molar-refractivity contribution is -0.126. The number of amides is 1. The summed E-state index contributed by atoms with van der Waals surface area (Å²) in [4.78, 5) is 14.8. The third kappa shape index (κ3) is 4.78. The minimum Gasteiger partial charge on any atom is -0.354 e. The smallest absolute Gasteiger partial charge is 0.241 e. The van der Waals surface area contributed by atoms with E-state index >= 15 is 0 Å². The Morgan fingerprint density at radius 2 is 1.91 bits per heavy atom. The Morgan fingerprint density at radius 1 is 1.26 bits per heavy atom. The van der Waals surface area contributed by atoms with Crippen LogP contribution in [0.25, 0.3) is 0 Å². The summed E-state index contributed by atoms with van der Waals surface area (Å²) in [6, 6.07) is 9.39. The molecule has 1 heterocycles. The highest BCUT2D eigenvalue weighted by Gasteiger charge is 2.30. The Kier molecular flexibility index (Phi) is 6.18. The van der Waals surface area contributed by atoms with Crippen molar-refractivity contribution in [2.24, 2.45) is 5.92 Å². The fraction of sp³-hybridized carbons (Fsp3) is 0.588. The van der Waals surface area contributed by atoms with Crippen LogP contribution in [0.4, 0.5) is 0 Å². The monoisotopic (exact) mass is 338 g/mol. The topological polar surface area (TPSA) is 66.5 Å². The summed E-state index contributed by atoms with van der Waals surface area (Å²) in [5.74, 6) is 0.418. The standard InChI is InChI=1S/C17H26N2O3S/c1-3-19(4-2)16(15-8-6-5-7-9-15)17(20)18-12-14-10-11-23(21,22)13-14/h5-9,14,16H,3-4,10-13H2,1-2H3,(H,18,20)/t14-,16-/m1/s1. The molecule has 0 aromatic heterocycles. The summed E-state index contributed by atoms with van der Waals surface area (Å²) < 4.78 is 23.0. The first-order chi connectivity index (χ1) is 11.0. The maximum Gasteiger partial charge on any atom is 0.241 e. The summed E-state index contributed by atoms with van der Waals surface area (Å²) in [5, 5.41) is 2.97. The normalized spacial score (nSPS) is 21.3. The van der Waals surface area contributed by atoms with E-state index in [-0.39, 0.29) is 29.4 Å². The Morgan fingerprint density at radius 3 is 2.43 bits per heavy atom. The largest absolute Gasteiger partial charge is 0.354 e. The molecule has 1 aromatic rings. The quantitative estimate of drug-likeness (QED) is 0.820. The van der Waals surface area contributed by atoms with E-state index in [9.17, 15) is 13.2 Å². The van der Waals surface area contributed by atoms with Crippen LogP contribution in [0.3, 0.4) is 0 Å². The van der Waals surface area contributed by atoms with Gasteiger partial charge in [0.25, 0.3) is 0 Å². The zero-order chi connectivity index (χ0) is 16.9. The molecule has 0 saturated carbocycles. The minimum atomic E-state index is -2.90. The molecule has 5 nitrogen and oxygen atoms in total. The maximum atomic E-state index is 12.7. The van der Waals surface area contributed by atoms with Gasteiger partial charge in [-0.1, -0.05) is 44.2 Å². The second-order valence-corrected chi connectivity index (χ2v) is 8.28. The Labute approximate surface area is 139 Å². The highest BCUT2D eigenvalue weighted by molar-refractivity contribution is 7.91. The van der Waals surface area contributed by atoms with Gasteiger partial charge in [-0.3, -0.25) is 9.69 Å². The van der Waals surface area contributed by atoms with Gasteiger partial charge in [-0.05, 0) is 31.0 Å². The number of nitrogens with one attached hydrogen (secondary N) is 1. The van der Waals surface area contributed by atoms with Gasteiger partial charge in [0.05, 0.1) is 11.5 Å². The highest BCUT2D eigenvalue weighted by atomic mass is 32.2. The molecule has 1 N–H and O–H groups in total. The van der Waals surface area contributed by atoms with Crippen molar-refractivity contribution in [3.05, 3.63) is 35.9 Å². The van der Waals surface area contributed by atoms with Gasteiger partial charge >= 0.3 is 0 Å². The molecule has 0 radical (unpaired) electrons. The molecule has 2 atom stereocenters. The SMILES string of the molecule is CCN(CC)[C@@H](C(=O)NC[C@H]1CCS(=O)(=O)C1)c1ccccc1. The zero-order valence-electron chi connectivity index (χ0n) is 13.9. The molecule has 1 fully saturated rings. The van der Waals surface area contributed by atoms with E-state index in [1.807, 2.05) is 44.2 Å². The number of benzene rings is 1. The van der Waals surface area contributed by atoms with Crippen LogP contribution < -0.4 is 5.32 Å². The van der Waals surface area contributed by atoms with Gasteiger partial charge in [0.15, 0.2) is 9.84 Å². The Hall–Kier alpha value is -1.40. The first kappa shape index (κ1) is 17.9. The first-order valence-corrected chi connectivity index (χ1v) is 10.1. The molecule has 1 amide bonds. The van der Waals surface area contributed by atoms with Crippen LogP contribution >= 0.6 is 0 Å². The zero-order valence-corrected chi connectivity index (χ0v) is 14.7. The first-order valence-electron chi connectivity index (χ1n) is 8.24. The van der Waals surface area contributed by atoms with Crippen molar-refractivity contribution in [1.29, 1.82) is 0 Å². The van der Waals surface area contributed by atoms with E-state index in [4.69, 9.17) is 0 Å². The predicted molar refractivity (Wildman–Crippen MR) is 91.9 cm³/mol. The molecular weight excluding hydrogens is 312 g/mol. The molecule has 1 aromatic carbocycles. The van der Waals surface area contributed by atoms with Gasteiger partial charge < -0.3 is 5.32 Å². The molecule has 2 rings (SSSR count). The lowest BCUT2D eigenvalue weighted by Crippen LogP contribution is -2.42. The molecule has 128 valence electrons. The van der Waals surface area contributed by atoms with Crippen molar-refractivity contribution >= 4 is 15.7 Å². The third-order valence-corrected chi connectivity index (χ3v) is 6.27. The fourth-order valence-electron chi connectivity index (χ4n) is 3.13. The van der Waals surface area contributed by atoms with Crippen LogP contribution in [0.15, 0.2) is 30.3 Å². The number of carbonyl (C=O) groups excluding carboxylic acids is 1. The maximum absolute atomic E-state index is 12.7. The number of rotatable bonds is 7. The predicted octanol–water partition coefficient (Wildman–Crippen LogP) is 1.62. The van der Waals surface area contributed by atoms with Crippen molar-refractivity contribution in [1.82, 2.24) is 10.2 Å². The number of carbonyl (C=O) groups is 1. The number of sulfone groups is 1. The molecule has 1 aliphatic rings. The summed E-state index contributed by atoms with van der Waals surface area (Å²) in [6.45, 7) is 6.07. The molecule has 1 saturated heterocycles. The highest BCUT2D eigenvalue weighted by Crippen LogP contribution is 2.22. The van der Waals surface area contributed by atoms with E-state index < -0.39 is 9.84 Å². The van der Waals surface area contributed by atoms with Crippen molar-refractivity contribution in [2.75, 3.05) is 31.1 Å². The van der Waals surface area contributed by atoms with Gasteiger partial charge in [-0.2, -0.15) is 0 Å². The summed E-state index contributed by atoms with van der Waals surface area (Å²) in [5.41, 5.74) is 0.966.